The topological polar surface area (TPSA) is 38.3 Å². The minimum absolute atomic E-state index is 0.0816. The summed E-state index contributed by atoms with van der Waals surface area (Å²) in [6.07, 6.45) is 2.31. The summed E-state index contributed by atoms with van der Waals surface area (Å²) in [6, 6.07) is 0.479. The molecule has 0 aliphatic carbocycles. The molecule has 0 aromatic carbocycles. The van der Waals surface area contributed by atoms with Gasteiger partial charge in [0.2, 0.25) is 0 Å². The Hall–Kier alpha value is 0.160. The number of ether oxygens (including phenoxy) is 1. The highest BCUT2D eigenvalue weighted by Gasteiger charge is 2.15. The normalized spacial score (nSPS) is 15.1. The van der Waals surface area contributed by atoms with E-state index in [9.17, 15) is 4.79 Å². The van der Waals surface area contributed by atoms with Crippen LogP contribution in [0.1, 0.15) is 26.7 Å². The lowest BCUT2D eigenvalue weighted by molar-refractivity contribution is -0.139. The third-order valence-electron chi connectivity index (χ3n) is 1.82. The van der Waals surface area contributed by atoms with Crippen LogP contribution in [0.2, 0.25) is 0 Å². The predicted molar refractivity (Wildman–Crippen MR) is 62.2 cm³/mol. The van der Waals surface area contributed by atoms with Crippen LogP contribution in [-0.4, -0.2) is 29.6 Å². The number of hydrogen-bond acceptors (Lipinski definition) is 3. The van der Waals surface area contributed by atoms with Crippen LogP contribution in [0.5, 0.6) is 0 Å². The summed E-state index contributed by atoms with van der Waals surface area (Å²) in [5, 5.41) is 3.29. The van der Waals surface area contributed by atoms with Crippen LogP contribution in [0, 0.1) is 0 Å². The fourth-order valence-electron chi connectivity index (χ4n) is 1.05. The molecule has 0 aromatic heterocycles. The summed E-state index contributed by atoms with van der Waals surface area (Å²) in [7, 11) is 1.42. The first-order valence-corrected chi connectivity index (χ1v) is 5.81. The molecule has 0 aliphatic heterocycles. The highest BCUT2D eigenvalue weighted by molar-refractivity contribution is 14.1. The third-order valence-corrected chi connectivity index (χ3v) is 2.77. The van der Waals surface area contributed by atoms with E-state index in [4.69, 9.17) is 0 Å². The van der Waals surface area contributed by atoms with Gasteiger partial charge in [0.05, 0.1) is 7.11 Å². The lowest BCUT2D eigenvalue weighted by atomic mass is 10.2. The monoisotopic (exact) mass is 299 g/mol. The van der Waals surface area contributed by atoms with Crippen molar-refractivity contribution < 1.29 is 9.53 Å². The fourth-order valence-corrected chi connectivity index (χ4v) is 1.56. The average molecular weight is 299 g/mol. The van der Waals surface area contributed by atoms with Crippen molar-refractivity contribution in [3.05, 3.63) is 0 Å². The molecule has 3 nitrogen and oxygen atoms in total. The first kappa shape index (κ1) is 13.2. The number of halogens is 1. The zero-order chi connectivity index (χ0) is 10.3. The quantitative estimate of drug-likeness (QED) is 0.461. The van der Waals surface area contributed by atoms with Crippen molar-refractivity contribution in [3.63, 3.8) is 0 Å². The van der Waals surface area contributed by atoms with Gasteiger partial charge in [-0.1, -0.05) is 35.9 Å². The third kappa shape index (κ3) is 6.26. The molecule has 0 amide bonds. The van der Waals surface area contributed by atoms with E-state index in [0.29, 0.717) is 12.6 Å². The first-order valence-electron chi connectivity index (χ1n) is 4.57. The molecule has 78 valence electrons. The summed E-state index contributed by atoms with van der Waals surface area (Å²) >= 11 is 2.09. The van der Waals surface area contributed by atoms with Crippen LogP contribution >= 0.6 is 22.6 Å². The number of nitrogens with one attached hydrogen (secondary N) is 1. The molecule has 0 heterocycles. The van der Waals surface area contributed by atoms with Gasteiger partial charge in [0, 0.05) is 12.6 Å². The Labute approximate surface area is 93.7 Å². The largest absolute Gasteiger partial charge is 0.468 e. The Morgan fingerprint density at radius 2 is 2.23 bits per heavy atom. The second-order valence-corrected chi connectivity index (χ2v) is 4.59. The maximum absolute atomic E-state index is 11.0. The molecule has 2 atom stereocenters. The van der Waals surface area contributed by atoms with E-state index in [1.165, 1.54) is 7.11 Å². The van der Waals surface area contributed by atoms with E-state index in [-0.39, 0.29) is 9.89 Å². The van der Waals surface area contributed by atoms with Crippen molar-refractivity contribution in [2.45, 2.75) is 36.7 Å². The molecular weight excluding hydrogens is 281 g/mol. The molecule has 0 saturated carbocycles. The highest BCUT2D eigenvalue weighted by atomic mass is 127. The molecule has 13 heavy (non-hydrogen) atoms. The molecule has 0 spiro atoms. The summed E-state index contributed by atoms with van der Waals surface area (Å²) in [5.41, 5.74) is 0. The Kier molecular flexibility index (Phi) is 7.65. The summed E-state index contributed by atoms with van der Waals surface area (Å²) in [6.45, 7) is 4.97. The van der Waals surface area contributed by atoms with Crippen LogP contribution in [0.15, 0.2) is 0 Å². The number of methoxy groups -OCH3 is 1. The Morgan fingerprint density at radius 3 is 2.69 bits per heavy atom. The van der Waals surface area contributed by atoms with Gasteiger partial charge in [0.1, 0.15) is 3.92 Å². The van der Waals surface area contributed by atoms with Gasteiger partial charge in [0.25, 0.3) is 0 Å². The summed E-state index contributed by atoms with van der Waals surface area (Å²) in [4.78, 5) is 11.0. The van der Waals surface area contributed by atoms with Gasteiger partial charge in [-0.2, -0.15) is 0 Å². The van der Waals surface area contributed by atoms with Gasteiger partial charge in [-0.15, -0.1) is 0 Å². The number of rotatable bonds is 6. The maximum atomic E-state index is 11.0. The van der Waals surface area contributed by atoms with Crippen molar-refractivity contribution in [1.82, 2.24) is 5.32 Å². The minimum atomic E-state index is -0.156. The number of carbonyl (C=O) groups excluding carboxylic acids is 1. The molecule has 0 saturated heterocycles. The highest BCUT2D eigenvalue weighted by Crippen LogP contribution is 2.02. The van der Waals surface area contributed by atoms with Gasteiger partial charge < -0.3 is 10.1 Å². The molecule has 0 radical (unpaired) electrons. The molecule has 0 rings (SSSR count). The van der Waals surface area contributed by atoms with Crippen LogP contribution in [0.3, 0.4) is 0 Å². The average Bonchev–Trinajstić information content (AvgIpc) is 2.13. The van der Waals surface area contributed by atoms with Crippen molar-refractivity contribution >= 4 is 28.6 Å². The van der Waals surface area contributed by atoms with Gasteiger partial charge in [-0.3, -0.25) is 4.79 Å². The number of esters is 1. The molecule has 0 bridgehead atoms. The number of alkyl halides is 1. The molecule has 2 unspecified atom stereocenters. The second-order valence-electron chi connectivity index (χ2n) is 3.09. The Balaban J connectivity index is 3.56. The Morgan fingerprint density at radius 1 is 1.62 bits per heavy atom. The van der Waals surface area contributed by atoms with Gasteiger partial charge >= 0.3 is 5.97 Å². The smallest absolute Gasteiger partial charge is 0.319 e. The predicted octanol–water partition coefficient (Wildman–Crippen LogP) is 1.74. The van der Waals surface area contributed by atoms with Gasteiger partial charge in [0.15, 0.2) is 0 Å². The van der Waals surface area contributed by atoms with E-state index in [2.05, 4.69) is 46.5 Å². The first-order chi connectivity index (χ1) is 6.11. The van der Waals surface area contributed by atoms with Crippen LogP contribution in [0.4, 0.5) is 0 Å². The zero-order valence-corrected chi connectivity index (χ0v) is 10.6. The van der Waals surface area contributed by atoms with E-state index in [1.807, 2.05) is 0 Å². The van der Waals surface area contributed by atoms with Crippen LogP contribution in [-0.2, 0) is 9.53 Å². The number of carbonyl (C=O) groups is 1. The number of hydrogen-bond donors (Lipinski definition) is 1. The summed E-state index contributed by atoms with van der Waals surface area (Å²) < 4.78 is 4.54. The van der Waals surface area contributed by atoms with E-state index < -0.39 is 0 Å². The maximum Gasteiger partial charge on any atom is 0.319 e. The molecule has 0 aliphatic rings. The molecule has 0 aromatic rings. The zero-order valence-electron chi connectivity index (χ0n) is 8.47. The minimum Gasteiger partial charge on any atom is -0.468 e. The van der Waals surface area contributed by atoms with Gasteiger partial charge in [-0.25, -0.2) is 0 Å². The molecule has 1 N–H and O–H groups in total. The van der Waals surface area contributed by atoms with E-state index >= 15 is 0 Å². The van der Waals surface area contributed by atoms with Gasteiger partial charge in [-0.05, 0) is 13.3 Å². The van der Waals surface area contributed by atoms with Crippen LogP contribution < -0.4 is 5.32 Å². The van der Waals surface area contributed by atoms with E-state index in [0.717, 1.165) is 12.8 Å². The van der Waals surface area contributed by atoms with Crippen molar-refractivity contribution in [2.24, 2.45) is 0 Å². The van der Waals surface area contributed by atoms with Crippen molar-refractivity contribution in [1.29, 1.82) is 0 Å². The van der Waals surface area contributed by atoms with E-state index in [1.54, 1.807) is 0 Å². The summed E-state index contributed by atoms with van der Waals surface area (Å²) in [5.74, 6) is -0.156. The lowest BCUT2D eigenvalue weighted by Gasteiger charge is -2.14. The molecule has 0 fully saturated rings. The lowest BCUT2D eigenvalue weighted by Crippen LogP contribution is -2.35. The second kappa shape index (κ2) is 7.55. The van der Waals surface area contributed by atoms with Crippen LogP contribution in [0.25, 0.3) is 0 Å². The fraction of sp³-hybridized carbons (Fsp3) is 0.889. The standard InChI is InChI=1S/C9H18INO2/c1-4-5-7(2)11-6-8(10)9(12)13-3/h7-8,11H,4-6H2,1-3H3. The molecular formula is C9H18INO2. The van der Waals surface area contributed by atoms with Crippen molar-refractivity contribution in [2.75, 3.05) is 13.7 Å². The Bertz CT molecular complexity index is 153. The SMILES string of the molecule is CCCC(C)NCC(I)C(=O)OC. The van der Waals surface area contributed by atoms with Crippen molar-refractivity contribution in [3.8, 4) is 0 Å². The molecule has 4 heteroatoms.